The molecule has 0 spiro atoms. The predicted molar refractivity (Wildman–Crippen MR) is 62.6 cm³/mol. The highest BCUT2D eigenvalue weighted by atomic mass is 35.5. The first kappa shape index (κ1) is 13.5. The third-order valence-electron chi connectivity index (χ3n) is 2.71. The Kier molecular flexibility index (Phi) is 3.73. The number of rotatable bonds is 3. The first-order valence-corrected chi connectivity index (χ1v) is 5.97. The lowest BCUT2D eigenvalue weighted by Crippen LogP contribution is -2.44. The molecule has 0 unspecified atom stereocenters. The fourth-order valence-electron chi connectivity index (χ4n) is 2.12. The normalized spacial score (nSPS) is 17.6. The van der Waals surface area contributed by atoms with E-state index in [0.717, 1.165) is 24.7 Å². The molecule has 0 radical (unpaired) electrons. The molecule has 0 aliphatic carbocycles. The van der Waals surface area contributed by atoms with E-state index in [4.69, 9.17) is 11.6 Å². The van der Waals surface area contributed by atoms with Crippen LogP contribution in [0.25, 0.3) is 0 Å². The van der Waals surface area contributed by atoms with Gasteiger partial charge in [-0.15, -0.1) is 13.2 Å². The van der Waals surface area contributed by atoms with Gasteiger partial charge >= 0.3 is 6.36 Å². The number of nitrogens with zero attached hydrogens (tertiary/aromatic N) is 1. The lowest BCUT2D eigenvalue weighted by Gasteiger charge is -2.37. The molecule has 1 saturated heterocycles. The SMILES string of the molecule is CC1CN(Cc2cc(Cl)cc(OC(F)(F)F)c2)C1. The zero-order valence-corrected chi connectivity index (χ0v) is 10.6. The van der Waals surface area contributed by atoms with Gasteiger partial charge in [0.1, 0.15) is 5.75 Å². The Balaban J connectivity index is 2.06. The zero-order chi connectivity index (χ0) is 13.3. The third kappa shape index (κ3) is 3.78. The van der Waals surface area contributed by atoms with Gasteiger partial charge < -0.3 is 4.74 Å². The van der Waals surface area contributed by atoms with Crippen LogP contribution in [-0.2, 0) is 6.54 Å². The summed E-state index contributed by atoms with van der Waals surface area (Å²) >= 11 is 5.79. The van der Waals surface area contributed by atoms with Crippen LogP contribution in [0.1, 0.15) is 12.5 Å². The van der Waals surface area contributed by atoms with E-state index in [9.17, 15) is 13.2 Å². The Hall–Kier alpha value is -0.940. The Labute approximate surface area is 108 Å². The van der Waals surface area contributed by atoms with E-state index in [1.54, 1.807) is 6.07 Å². The van der Waals surface area contributed by atoms with E-state index < -0.39 is 6.36 Å². The molecule has 18 heavy (non-hydrogen) atoms. The van der Waals surface area contributed by atoms with Crippen LogP contribution >= 0.6 is 11.6 Å². The minimum absolute atomic E-state index is 0.250. The summed E-state index contributed by atoms with van der Waals surface area (Å²) in [4.78, 5) is 2.15. The number of ether oxygens (including phenoxy) is 1. The molecule has 0 saturated carbocycles. The van der Waals surface area contributed by atoms with Gasteiger partial charge in [0.15, 0.2) is 0 Å². The van der Waals surface area contributed by atoms with Crippen molar-refractivity contribution in [3.05, 3.63) is 28.8 Å². The van der Waals surface area contributed by atoms with Crippen LogP contribution < -0.4 is 4.74 Å². The number of hydrogen-bond acceptors (Lipinski definition) is 2. The zero-order valence-electron chi connectivity index (χ0n) is 9.80. The van der Waals surface area contributed by atoms with Gasteiger partial charge in [0, 0.05) is 24.7 Å². The van der Waals surface area contributed by atoms with E-state index in [1.807, 2.05) is 0 Å². The molecule has 6 heteroatoms. The number of benzene rings is 1. The standard InChI is InChI=1S/C12H13ClF3NO/c1-8-5-17(6-8)7-9-2-10(13)4-11(3-9)18-12(14,15)16/h2-4,8H,5-7H2,1H3. The van der Waals surface area contributed by atoms with Crippen molar-refractivity contribution >= 4 is 11.6 Å². The van der Waals surface area contributed by atoms with Crippen molar-refractivity contribution in [2.24, 2.45) is 5.92 Å². The fraction of sp³-hybridized carbons (Fsp3) is 0.500. The smallest absolute Gasteiger partial charge is 0.406 e. The molecule has 2 rings (SSSR count). The van der Waals surface area contributed by atoms with Crippen LogP contribution in [0.5, 0.6) is 5.75 Å². The third-order valence-corrected chi connectivity index (χ3v) is 2.93. The predicted octanol–water partition coefficient (Wildman–Crippen LogP) is 3.69. The van der Waals surface area contributed by atoms with Crippen molar-refractivity contribution in [3.63, 3.8) is 0 Å². The molecular formula is C12H13ClF3NO. The summed E-state index contributed by atoms with van der Waals surface area (Å²) in [5, 5.41) is 0.250. The number of halogens is 4. The van der Waals surface area contributed by atoms with Crippen molar-refractivity contribution in [1.29, 1.82) is 0 Å². The molecule has 1 aromatic carbocycles. The lowest BCUT2D eigenvalue weighted by atomic mass is 10.0. The maximum absolute atomic E-state index is 12.1. The summed E-state index contributed by atoms with van der Waals surface area (Å²) < 4.78 is 40.2. The number of hydrogen-bond donors (Lipinski definition) is 0. The summed E-state index contributed by atoms with van der Waals surface area (Å²) in [6.07, 6.45) is -4.69. The average Bonchev–Trinajstić information content (AvgIpc) is 2.11. The van der Waals surface area contributed by atoms with Crippen molar-refractivity contribution < 1.29 is 17.9 Å². The fourth-order valence-corrected chi connectivity index (χ4v) is 2.37. The summed E-state index contributed by atoms with van der Waals surface area (Å²) in [7, 11) is 0. The Morgan fingerprint density at radius 1 is 1.33 bits per heavy atom. The van der Waals surface area contributed by atoms with Crippen molar-refractivity contribution in [2.75, 3.05) is 13.1 Å². The van der Waals surface area contributed by atoms with Gasteiger partial charge in [0.05, 0.1) is 0 Å². The van der Waals surface area contributed by atoms with Crippen LogP contribution in [0.4, 0.5) is 13.2 Å². The van der Waals surface area contributed by atoms with E-state index in [-0.39, 0.29) is 10.8 Å². The molecular weight excluding hydrogens is 267 g/mol. The van der Waals surface area contributed by atoms with E-state index >= 15 is 0 Å². The van der Waals surface area contributed by atoms with E-state index in [0.29, 0.717) is 12.5 Å². The quantitative estimate of drug-likeness (QED) is 0.837. The molecule has 0 amide bonds. The maximum atomic E-state index is 12.1. The van der Waals surface area contributed by atoms with Gasteiger partial charge in [0.2, 0.25) is 0 Å². The molecule has 1 aliphatic heterocycles. The molecule has 0 aromatic heterocycles. The topological polar surface area (TPSA) is 12.5 Å². The Morgan fingerprint density at radius 2 is 2.00 bits per heavy atom. The maximum Gasteiger partial charge on any atom is 0.573 e. The summed E-state index contributed by atoms with van der Waals surface area (Å²) in [6.45, 7) is 4.65. The summed E-state index contributed by atoms with van der Waals surface area (Å²) in [6, 6.07) is 4.20. The number of alkyl halides is 3. The molecule has 1 fully saturated rings. The molecule has 2 nitrogen and oxygen atoms in total. The van der Waals surface area contributed by atoms with E-state index in [1.165, 1.54) is 6.07 Å². The molecule has 1 aromatic rings. The van der Waals surface area contributed by atoms with Gasteiger partial charge in [-0.3, -0.25) is 4.90 Å². The van der Waals surface area contributed by atoms with Crippen LogP contribution in [0.2, 0.25) is 5.02 Å². The number of likely N-dealkylation sites (tertiary alicyclic amines) is 1. The highest BCUT2D eigenvalue weighted by Crippen LogP contribution is 2.28. The molecule has 0 bridgehead atoms. The van der Waals surface area contributed by atoms with Gasteiger partial charge in [-0.05, 0) is 29.7 Å². The summed E-state index contributed by atoms with van der Waals surface area (Å²) in [5.74, 6) is 0.383. The highest BCUT2D eigenvalue weighted by Gasteiger charge is 2.31. The van der Waals surface area contributed by atoms with Crippen molar-refractivity contribution in [2.45, 2.75) is 19.8 Å². The molecule has 0 N–H and O–H groups in total. The molecule has 100 valence electrons. The largest absolute Gasteiger partial charge is 0.573 e. The van der Waals surface area contributed by atoms with Crippen LogP contribution in [0.15, 0.2) is 18.2 Å². The second kappa shape index (κ2) is 4.97. The second-order valence-corrected chi connectivity index (χ2v) is 5.08. The lowest BCUT2D eigenvalue weighted by molar-refractivity contribution is -0.274. The van der Waals surface area contributed by atoms with Crippen LogP contribution in [-0.4, -0.2) is 24.4 Å². The van der Waals surface area contributed by atoms with Gasteiger partial charge in [0.25, 0.3) is 0 Å². The minimum atomic E-state index is -4.69. The Morgan fingerprint density at radius 3 is 2.56 bits per heavy atom. The molecule has 1 heterocycles. The first-order valence-electron chi connectivity index (χ1n) is 5.59. The molecule has 0 atom stereocenters. The average molecular weight is 280 g/mol. The first-order chi connectivity index (χ1) is 8.32. The molecule has 1 aliphatic rings. The van der Waals surface area contributed by atoms with Crippen LogP contribution in [0, 0.1) is 5.92 Å². The van der Waals surface area contributed by atoms with Crippen molar-refractivity contribution in [3.8, 4) is 5.75 Å². The van der Waals surface area contributed by atoms with Gasteiger partial charge in [-0.1, -0.05) is 18.5 Å². The monoisotopic (exact) mass is 279 g/mol. The minimum Gasteiger partial charge on any atom is -0.406 e. The highest BCUT2D eigenvalue weighted by molar-refractivity contribution is 6.30. The Bertz CT molecular complexity index is 430. The van der Waals surface area contributed by atoms with Crippen molar-refractivity contribution in [1.82, 2.24) is 4.90 Å². The summed E-state index contributed by atoms with van der Waals surface area (Å²) in [5.41, 5.74) is 0.730. The van der Waals surface area contributed by atoms with E-state index in [2.05, 4.69) is 16.6 Å². The van der Waals surface area contributed by atoms with Gasteiger partial charge in [-0.25, -0.2) is 0 Å². The van der Waals surface area contributed by atoms with Crippen LogP contribution in [0.3, 0.4) is 0 Å². The van der Waals surface area contributed by atoms with Gasteiger partial charge in [-0.2, -0.15) is 0 Å². The second-order valence-electron chi connectivity index (χ2n) is 4.64.